The molecule has 1 heterocycles. The van der Waals surface area contributed by atoms with Crippen molar-refractivity contribution in [1.29, 1.82) is 0 Å². The first-order valence-corrected chi connectivity index (χ1v) is 9.20. The first kappa shape index (κ1) is 18.8. The lowest BCUT2D eigenvalue weighted by molar-refractivity contribution is -0.130. The minimum atomic E-state index is -4.02. The highest BCUT2D eigenvalue weighted by molar-refractivity contribution is 7.93. The molecule has 9 nitrogen and oxygen atoms in total. The molecule has 0 aliphatic carbocycles. The summed E-state index contributed by atoms with van der Waals surface area (Å²) in [5.74, 6) is -1.99. The number of carbonyl (C=O) groups excluding carboxylic acids is 1. The number of rotatable bonds is 6. The minimum absolute atomic E-state index is 0.105. The molecule has 4 N–H and O–H groups in total. The summed E-state index contributed by atoms with van der Waals surface area (Å²) in [5, 5.41) is 20.9. The fourth-order valence-electron chi connectivity index (χ4n) is 1.65. The van der Waals surface area contributed by atoms with E-state index in [4.69, 9.17) is 5.11 Å². The highest BCUT2D eigenvalue weighted by atomic mass is 32.2. The van der Waals surface area contributed by atoms with Crippen LogP contribution in [0.1, 0.15) is 24.3 Å². The summed E-state index contributed by atoms with van der Waals surface area (Å²) in [6.45, 7) is 2.64. The second-order valence-corrected chi connectivity index (χ2v) is 8.02. The van der Waals surface area contributed by atoms with E-state index in [2.05, 4.69) is 15.0 Å². The number of aromatic nitrogens is 1. The molecule has 2 rings (SSSR count). The molecule has 0 radical (unpaired) electrons. The molecule has 0 saturated carbocycles. The number of nitrogens with zero attached hydrogens (tertiary/aromatic N) is 1. The van der Waals surface area contributed by atoms with Gasteiger partial charge in [-0.2, -0.15) is 0 Å². The molecule has 0 spiro atoms. The van der Waals surface area contributed by atoms with Crippen LogP contribution in [0, 0.1) is 0 Å². The summed E-state index contributed by atoms with van der Waals surface area (Å²) in [6, 6.07) is 5.18. The average molecular weight is 385 g/mol. The third kappa shape index (κ3) is 4.53. The molecule has 25 heavy (non-hydrogen) atoms. The van der Waals surface area contributed by atoms with Gasteiger partial charge in [0.15, 0.2) is 5.69 Å². The zero-order valence-corrected chi connectivity index (χ0v) is 14.8. The van der Waals surface area contributed by atoms with Crippen LogP contribution >= 0.6 is 11.3 Å². The van der Waals surface area contributed by atoms with Crippen LogP contribution in [-0.2, 0) is 14.8 Å². The van der Waals surface area contributed by atoms with Gasteiger partial charge in [0.2, 0.25) is 0 Å². The number of carbonyl (C=O) groups is 2. The number of hydrogen-bond acceptors (Lipinski definition) is 7. The first-order valence-electron chi connectivity index (χ1n) is 6.84. The van der Waals surface area contributed by atoms with Crippen molar-refractivity contribution in [1.82, 2.24) is 4.98 Å². The van der Waals surface area contributed by atoms with Crippen LogP contribution in [0.4, 0.5) is 10.7 Å². The van der Waals surface area contributed by atoms with Crippen LogP contribution < -0.4 is 10.0 Å². The van der Waals surface area contributed by atoms with Crippen LogP contribution in [0.15, 0.2) is 34.7 Å². The fourth-order valence-corrected chi connectivity index (χ4v) is 3.64. The van der Waals surface area contributed by atoms with Crippen molar-refractivity contribution in [3.05, 3.63) is 35.5 Å². The molecule has 0 aliphatic rings. The summed E-state index contributed by atoms with van der Waals surface area (Å²) in [6.07, 6.45) is 0. The molecular formula is C14H15N3O6S2. The van der Waals surface area contributed by atoms with E-state index in [9.17, 15) is 23.1 Å². The van der Waals surface area contributed by atoms with E-state index in [0.717, 1.165) is 11.3 Å². The van der Waals surface area contributed by atoms with Crippen molar-refractivity contribution in [2.75, 3.05) is 10.0 Å². The van der Waals surface area contributed by atoms with E-state index in [1.165, 1.54) is 43.6 Å². The monoisotopic (exact) mass is 385 g/mol. The van der Waals surface area contributed by atoms with Gasteiger partial charge >= 0.3 is 5.97 Å². The van der Waals surface area contributed by atoms with E-state index in [1.807, 2.05) is 0 Å². The molecule has 0 bridgehead atoms. The second kappa shape index (κ2) is 6.78. The number of aromatic carboxylic acids is 1. The maximum Gasteiger partial charge on any atom is 0.357 e. The van der Waals surface area contributed by atoms with Crippen molar-refractivity contribution in [3.8, 4) is 0 Å². The Morgan fingerprint density at radius 1 is 1.20 bits per heavy atom. The molecule has 1 aromatic carbocycles. The van der Waals surface area contributed by atoms with Gasteiger partial charge in [0.1, 0.15) is 10.6 Å². The quantitative estimate of drug-likeness (QED) is 0.587. The predicted octanol–water partition coefficient (Wildman–Crippen LogP) is 1.35. The average Bonchev–Trinajstić information content (AvgIpc) is 2.94. The number of nitrogens with one attached hydrogen (secondary N) is 2. The molecule has 0 saturated heterocycles. The van der Waals surface area contributed by atoms with Crippen LogP contribution in [0.5, 0.6) is 0 Å². The number of sulfonamides is 1. The number of aliphatic hydroxyl groups is 1. The Morgan fingerprint density at radius 2 is 1.80 bits per heavy atom. The Hall–Kier alpha value is -2.50. The number of thiazole rings is 1. The third-order valence-corrected chi connectivity index (χ3v) is 5.21. The lowest BCUT2D eigenvalue weighted by Crippen LogP contribution is -2.36. The van der Waals surface area contributed by atoms with Crippen LogP contribution in [-0.4, -0.2) is 41.1 Å². The van der Waals surface area contributed by atoms with Crippen molar-refractivity contribution < 1.29 is 28.2 Å². The number of carboxylic acid groups (broad SMARTS) is 1. The van der Waals surface area contributed by atoms with Gasteiger partial charge in [-0.3, -0.25) is 9.52 Å². The van der Waals surface area contributed by atoms with Gasteiger partial charge in [-0.25, -0.2) is 18.2 Å². The summed E-state index contributed by atoms with van der Waals surface area (Å²) >= 11 is 0.847. The zero-order valence-electron chi connectivity index (χ0n) is 13.2. The normalized spacial score (nSPS) is 11.8. The zero-order chi connectivity index (χ0) is 18.8. The SMILES string of the molecule is CC(C)(O)C(=O)Nc1ccc(S(=O)(=O)Nc2scnc2C(=O)O)cc1. The number of anilines is 2. The topological polar surface area (TPSA) is 146 Å². The molecule has 0 atom stereocenters. The van der Waals surface area contributed by atoms with E-state index in [-0.39, 0.29) is 15.6 Å². The fraction of sp³-hybridized carbons (Fsp3) is 0.214. The summed E-state index contributed by atoms with van der Waals surface area (Å²) in [4.78, 5) is 26.1. The first-order chi connectivity index (χ1) is 11.5. The Balaban J connectivity index is 2.19. The molecule has 2 aromatic rings. The Morgan fingerprint density at radius 3 is 2.32 bits per heavy atom. The number of carboxylic acids is 1. The molecule has 0 aliphatic heterocycles. The van der Waals surface area contributed by atoms with Gasteiger partial charge in [-0.15, -0.1) is 11.3 Å². The number of benzene rings is 1. The van der Waals surface area contributed by atoms with Gasteiger partial charge in [0.05, 0.1) is 10.4 Å². The highest BCUT2D eigenvalue weighted by Gasteiger charge is 2.24. The summed E-state index contributed by atoms with van der Waals surface area (Å²) < 4.78 is 26.8. The van der Waals surface area contributed by atoms with Crippen molar-refractivity contribution in [2.45, 2.75) is 24.3 Å². The van der Waals surface area contributed by atoms with E-state index in [1.54, 1.807) is 0 Å². The third-order valence-electron chi connectivity index (χ3n) is 2.98. The Bertz CT molecular complexity index is 897. The minimum Gasteiger partial charge on any atom is -0.476 e. The smallest absolute Gasteiger partial charge is 0.357 e. The summed E-state index contributed by atoms with van der Waals surface area (Å²) in [5.41, 5.74) is -0.444. The van der Waals surface area contributed by atoms with Crippen LogP contribution in [0.2, 0.25) is 0 Å². The van der Waals surface area contributed by atoms with E-state index < -0.39 is 27.5 Å². The van der Waals surface area contributed by atoms with Gasteiger partial charge in [-0.05, 0) is 38.1 Å². The number of hydrogen-bond donors (Lipinski definition) is 4. The standard InChI is InChI=1S/C14H15N3O6S2/c1-14(2,21)13(20)16-8-3-5-9(6-4-8)25(22,23)17-11-10(12(18)19)15-7-24-11/h3-7,17,21H,1-2H3,(H,16,20)(H,18,19). The Kier molecular flexibility index (Phi) is 5.11. The van der Waals surface area contributed by atoms with Gasteiger partial charge in [-0.1, -0.05) is 0 Å². The molecule has 1 amide bonds. The molecule has 0 fully saturated rings. The van der Waals surface area contributed by atoms with Crippen molar-refractivity contribution >= 4 is 43.9 Å². The number of amides is 1. The predicted molar refractivity (Wildman–Crippen MR) is 91.3 cm³/mol. The van der Waals surface area contributed by atoms with Gasteiger partial charge in [0.25, 0.3) is 15.9 Å². The van der Waals surface area contributed by atoms with Gasteiger partial charge in [0, 0.05) is 5.69 Å². The lowest BCUT2D eigenvalue weighted by atomic mass is 10.1. The van der Waals surface area contributed by atoms with Crippen LogP contribution in [0.3, 0.4) is 0 Å². The second-order valence-electron chi connectivity index (χ2n) is 5.48. The molecule has 134 valence electrons. The largest absolute Gasteiger partial charge is 0.476 e. The molecular weight excluding hydrogens is 370 g/mol. The van der Waals surface area contributed by atoms with Gasteiger partial charge < -0.3 is 15.5 Å². The highest BCUT2D eigenvalue weighted by Crippen LogP contribution is 2.24. The van der Waals surface area contributed by atoms with E-state index in [0.29, 0.717) is 5.69 Å². The maximum atomic E-state index is 12.3. The molecule has 11 heteroatoms. The summed E-state index contributed by atoms with van der Waals surface area (Å²) in [7, 11) is -4.02. The molecule has 0 unspecified atom stereocenters. The van der Waals surface area contributed by atoms with Crippen LogP contribution in [0.25, 0.3) is 0 Å². The maximum absolute atomic E-state index is 12.3. The van der Waals surface area contributed by atoms with Crippen molar-refractivity contribution in [2.24, 2.45) is 0 Å². The van der Waals surface area contributed by atoms with E-state index >= 15 is 0 Å². The Labute approximate surface area is 147 Å². The molecule has 1 aromatic heterocycles. The van der Waals surface area contributed by atoms with Crippen molar-refractivity contribution in [3.63, 3.8) is 0 Å². The lowest BCUT2D eigenvalue weighted by Gasteiger charge is -2.16.